The molecule has 3 rings (SSSR count). The molecule has 0 aromatic heterocycles. The zero-order valence-corrected chi connectivity index (χ0v) is 15.4. The maximum Gasteiger partial charge on any atom is 0.337 e. The Kier molecular flexibility index (Phi) is 6.14. The number of halogens is 1. The molecule has 0 unspecified atom stereocenters. The molecule has 0 radical (unpaired) electrons. The molecule has 0 bridgehead atoms. The summed E-state index contributed by atoms with van der Waals surface area (Å²) in [6.07, 6.45) is -0.138. The number of methoxy groups -OCH3 is 1. The fourth-order valence-corrected chi connectivity index (χ4v) is 3.16. The van der Waals surface area contributed by atoms with Gasteiger partial charge in [-0.05, 0) is 48.4 Å². The minimum absolute atomic E-state index is 0.292. The molecule has 0 aliphatic carbocycles. The normalized spacial score (nSPS) is 20.6. The number of hydrogen-bond donors (Lipinski definition) is 1. The molecule has 0 amide bonds. The zero-order valence-electron chi connectivity index (χ0n) is 14.6. The van der Waals surface area contributed by atoms with Crippen molar-refractivity contribution < 1.29 is 19.4 Å². The van der Waals surface area contributed by atoms with Gasteiger partial charge in [0.25, 0.3) is 0 Å². The number of aliphatic hydroxyl groups excluding tert-OH is 1. The standard InChI is InChI=1S/C20H22ClNO4/c1-25-20(24)15-4-2-14(3-5-15)12-22-11-10-18(23)19(13-22)26-17-8-6-16(21)7-9-17/h2-9,18-19,23H,10-13H2,1H3/t18-,19-/m1/s1. The van der Waals surface area contributed by atoms with E-state index in [1.165, 1.54) is 7.11 Å². The minimum atomic E-state index is -0.497. The number of piperidine rings is 1. The van der Waals surface area contributed by atoms with Crippen LogP contribution in [0.25, 0.3) is 0 Å². The van der Waals surface area contributed by atoms with Gasteiger partial charge in [0.1, 0.15) is 11.9 Å². The molecule has 0 saturated carbocycles. The Balaban J connectivity index is 1.60. The van der Waals surface area contributed by atoms with Crippen LogP contribution in [-0.4, -0.2) is 48.4 Å². The number of ether oxygens (including phenoxy) is 2. The fourth-order valence-electron chi connectivity index (χ4n) is 3.04. The van der Waals surface area contributed by atoms with Crippen molar-refractivity contribution in [3.63, 3.8) is 0 Å². The van der Waals surface area contributed by atoms with Crippen LogP contribution in [0, 0.1) is 0 Å². The molecular weight excluding hydrogens is 354 g/mol. The second-order valence-corrected chi connectivity index (χ2v) is 6.83. The number of likely N-dealkylation sites (tertiary alicyclic amines) is 1. The lowest BCUT2D eigenvalue weighted by Crippen LogP contribution is -2.49. The van der Waals surface area contributed by atoms with Crippen LogP contribution in [0.1, 0.15) is 22.3 Å². The van der Waals surface area contributed by atoms with Gasteiger partial charge >= 0.3 is 5.97 Å². The molecule has 26 heavy (non-hydrogen) atoms. The molecule has 138 valence electrons. The lowest BCUT2D eigenvalue weighted by Gasteiger charge is -2.36. The molecule has 1 N–H and O–H groups in total. The summed E-state index contributed by atoms with van der Waals surface area (Å²) >= 11 is 5.89. The summed E-state index contributed by atoms with van der Waals surface area (Å²) in [5, 5.41) is 10.9. The molecule has 6 heteroatoms. The monoisotopic (exact) mass is 375 g/mol. The second kappa shape index (κ2) is 8.54. The summed E-state index contributed by atoms with van der Waals surface area (Å²) in [4.78, 5) is 13.7. The fraction of sp³-hybridized carbons (Fsp3) is 0.350. The van der Waals surface area contributed by atoms with Gasteiger partial charge in [0.2, 0.25) is 0 Å². The van der Waals surface area contributed by atoms with Crippen LogP contribution in [0.4, 0.5) is 0 Å². The highest BCUT2D eigenvalue weighted by atomic mass is 35.5. The molecule has 2 aromatic carbocycles. The van der Waals surface area contributed by atoms with Crippen LogP contribution in [0.3, 0.4) is 0 Å². The number of carbonyl (C=O) groups is 1. The average Bonchev–Trinajstić information content (AvgIpc) is 2.66. The maximum absolute atomic E-state index is 11.5. The second-order valence-electron chi connectivity index (χ2n) is 6.39. The summed E-state index contributed by atoms with van der Waals surface area (Å²) in [6.45, 7) is 2.15. The summed E-state index contributed by atoms with van der Waals surface area (Å²) in [5.41, 5.74) is 1.63. The van der Waals surface area contributed by atoms with Crippen molar-refractivity contribution in [1.29, 1.82) is 0 Å². The first-order valence-electron chi connectivity index (χ1n) is 8.55. The molecule has 1 fully saturated rings. The van der Waals surface area contributed by atoms with Gasteiger partial charge in [-0.1, -0.05) is 23.7 Å². The predicted octanol–water partition coefficient (Wildman–Crippen LogP) is 3.14. The van der Waals surface area contributed by atoms with Gasteiger partial charge in [0, 0.05) is 24.7 Å². The molecule has 1 aliphatic heterocycles. The zero-order chi connectivity index (χ0) is 18.5. The van der Waals surface area contributed by atoms with Crippen molar-refractivity contribution in [1.82, 2.24) is 4.90 Å². The Morgan fingerprint density at radius 1 is 1.19 bits per heavy atom. The van der Waals surface area contributed by atoms with Crippen molar-refractivity contribution in [2.75, 3.05) is 20.2 Å². The largest absolute Gasteiger partial charge is 0.486 e. The molecular formula is C20H22ClNO4. The number of rotatable bonds is 5. The topological polar surface area (TPSA) is 59.0 Å². The number of benzene rings is 2. The average molecular weight is 376 g/mol. The Morgan fingerprint density at radius 2 is 1.88 bits per heavy atom. The van der Waals surface area contributed by atoms with Crippen LogP contribution >= 0.6 is 11.6 Å². The minimum Gasteiger partial charge on any atom is -0.486 e. The molecule has 1 aliphatic rings. The number of hydrogen-bond acceptors (Lipinski definition) is 5. The van der Waals surface area contributed by atoms with Crippen molar-refractivity contribution in [3.8, 4) is 5.75 Å². The van der Waals surface area contributed by atoms with E-state index in [9.17, 15) is 9.90 Å². The molecule has 2 aromatic rings. The first kappa shape index (κ1) is 18.7. The van der Waals surface area contributed by atoms with Gasteiger partial charge < -0.3 is 14.6 Å². The van der Waals surface area contributed by atoms with E-state index >= 15 is 0 Å². The van der Waals surface area contributed by atoms with Crippen molar-refractivity contribution >= 4 is 17.6 Å². The highest BCUT2D eigenvalue weighted by Crippen LogP contribution is 2.22. The quantitative estimate of drug-likeness (QED) is 0.813. The SMILES string of the molecule is COC(=O)c1ccc(CN2CC[C@@H](O)[C@H](Oc3ccc(Cl)cc3)C2)cc1. The Labute approximate surface area is 158 Å². The van der Waals surface area contributed by atoms with E-state index in [4.69, 9.17) is 21.1 Å². The third kappa shape index (κ3) is 4.75. The van der Waals surface area contributed by atoms with Crippen molar-refractivity contribution in [2.45, 2.75) is 25.2 Å². The van der Waals surface area contributed by atoms with E-state index in [1.807, 2.05) is 12.1 Å². The summed E-state index contributed by atoms with van der Waals surface area (Å²) in [7, 11) is 1.37. The number of nitrogens with zero attached hydrogens (tertiary/aromatic N) is 1. The van der Waals surface area contributed by atoms with E-state index in [0.29, 0.717) is 29.3 Å². The van der Waals surface area contributed by atoms with E-state index < -0.39 is 6.10 Å². The van der Waals surface area contributed by atoms with E-state index in [-0.39, 0.29) is 12.1 Å². The third-order valence-electron chi connectivity index (χ3n) is 4.49. The molecule has 1 heterocycles. The lowest BCUT2D eigenvalue weighted by molar-refractivity contribution is -0.0267. The van der Waals surface area contributed by atoms with Gasteiger partial charge in [0.05, 0.1) is 18.8 Å². The highest BCUT2D eigenvalue weighted by molar-refractivity contribution is 6.30. The molecule has 0 spiro atoms. The summed E-state index contributed by atoms with van der Waals surface area (Å²) in [6, 6.07) is 14.5. The van der Waals surface area contributed by atoms with E-state index in [0.717, 1.165) is 18.7 Å². The molecule has 5 nitrogen and oxygen atoms in total. The lowest BCUT2D eigenvalue weighted by atomic mass is 10.0. The first-order chi connectivity index (χ1) is 12.5. The van der Waals surface area contributed by atoms with Crippen LogP contribution in [0.15, 0.2) is 48.5 Å². The number of esters is 1. The first-order valence-corrected chi connectivity index (χ1v) is 8.93. The van der Waals surface area contributed by atoms with Gasteiger partial charge in [-0.3, -0.25) is 4.90 Å². The van der Waals surface area contributed by atoms with Gasteiger partial charge in [-0.15, -0.1) is 0 Å². The number of carbonyl (C=O) groups excluding carboxylic acids is 1. The van der Waals surface area contributed by atoms with Crippen molar-refractivity contribution in [3.05, 3.63) is 64.7 Å². The third-order valence-corrected chi connectivity index (χ3v) is 4.74. The van der Waals surface area contributed by atoms with Crippen LogP contribution in [0.2, 0.25) is 5.02 Å². The summed E-state index contributed by atoms with van der Waals surface area (Å²) < 4.78 is 10.7. The van der Waals surface area contributed by atoms with Crippen molar-refractivity contribution in [2.24, 2.45) is 0 Å². The van der Waals surface area contributed by atoms with E-state index in [1.54, 1.807) is 36.4 Å². The molecule has 2 atom stereocenters. The summed E-state index contributed by atoms with van der Waals surface area (Å²) in [5.74, 6) is 0.358. The maximum atomic E-state index is 11.5. The van der Waals surface area contributed by atoms with Crippen LogP contribution < -0.4 is 4.74 Å². The van der Waals surface area contributed by atoms with Crippen LogP contribution in [0.5, 0.6) is 5.75 Å². The number of aliphatic hydroxyl groups is 1. The highest BCUT2D eigenvalue weighted by Gasteiger charge is 2.29. The smallest absolute Gasteiger partial charge is 0.337 e. The Morgan fingerprint density at radius 3 is 2.54 bits per heavy atom. The van der Waals surface area contributed by atoms with E-state index in [2.05, 4.69) is 4.90 Å². The van der Waals surface area contributed by atoms with Crippen LogP contribution in [-0.2, 0) is 11.3 Å². The predicted molar refractivity (Wildman–Crippen MR) is 99.6 cm³/mol. The van der Waals surface area contributed by atoms with Gasteiger partial charge in [0.15, 0.2) is 0 Å². The van der Waals surface area contributed by atoms with Gasteiger partial charge in [-0.25, -0.2) is 4.79 Å². The van der Waals surface area contributed by atoms with Gasteiger partial charge in [-0.2, -0.15) is 0 Å². The molecule has 1 saturated heterocycles. The Hall–Kier alpha value is -2.08. The Bertz CT molecular complexity index is 732.